The molecule has 1 atom stereocenters. The Kier molecular flexibility index (Phi) is 5.21. The van der Waals surface area contributed by atoms with Crippen molar-refractivity contribution in [1.82, 2.24) is 0 Å². The lowest BCUT2D eigenvalue weighted by Crippen LogP contribution is -2.14. The summed E-state index contributed by atoms with van der Waals surface area (Å²) in [6.07, 6.45) is -1.55. The van der Waals surface area contributed by atoms with Crippen LogP contribution in [0.15, 0.2) is 34.9 Å². The number of halogens is 3. The summed E-state index contributed by atoms with van der Waals surface area (Å²) in [5.74, 6) is 0.693. The highest BCUT2D eigenvalue weighted by Gasteiger charge is 2.32. The number of rotatable bonds is 4. The van der Waals surface area contributed by atoms with Gasteiger partial charge < -0.3 is 5.11 Å². The van der Waals surface area contributed by atoms with Crippen LogP contribution in [0.4, 0.5) is 13.2 Å². The highest BCUT2D eigenvalue weighted by molar-refractivity contribution is 7.99. The van der Waals surface area contributed by atoms with E-state index in [9.17, 15) is 23.1 Å². The first-order valence-electron chi connectivity index (χ1n) is 6.98. The molecule has 1 aromatic rings. The van der Waals surface area contributed by atoms with Crippen LogP contribution < -0.4 is 0 Å². The zero-order chi connectivity index (χ0) is 16.3. The van der Waals surface area contributed by atoms with E-state index in [4.69, 9.17) is 0 Å². The molecule has 0 heterocycles. The summed E-state index contributed by atoms with van der Waals surface area (Å²) in [5.41, 5.74) is -0.393. The van der Waals surface area contributed by atoms with E-state index in [-0.39, 0.29) is 23.0 Å². The van der Waals surface area contributed by atoms with Crippen LogP contribution in [0, 0.1) is 12.8 Å². The highest BCUT2D eigenvalue weighted by atomic mass is 32.2. The minimum atomic E-state index is -4.34. The summed E-state index contributed by atoms with van der Waals surface area (Å²) in [6.45, 7) is 1.44. The van der Waals surface area contributed by atoms with Gasteiger partial charge in [0, 0.05) is 23.8 Å². The zero-order valence-corrected chi connectivity index (χ0v) is 12.9. The van der Waals surface area contributed by atoms with Crippen LogP contribution in [0.3, 0.4) is 0 Å². The topological polar surface area (TPSA) is 37.3 Å². The van der Waals surface area contributed by atoms with Crippen molar-refractivity contribution in [3.8, 4) is 0 Å². The van der Waals surface area contributed by atoms with Crippen LogP contribution in [-0.4, -0.2) is 16.6 Å². The third kappa shape index (κ3) is 4.53. The second-order valence-electron chi connectivity index (χ2n) is 5.49. The molecule has 1 aromatic carbocycles. The molecule has 0 fully saturated rings. The van der Waals surface area contributed by atoms with E-state index in [1.54, 1.807) is 6.07 Å². The number of carbonyl (C=O) groups excluding carboxylic acids is 1. The largest absolute Gasteiger partial charge is 0.512 e. The third-order valence-electron chi connectivity index (χ3n) is 3.62. The second kappa shape index (κ2) is 6.77. The monoisotopic (exact) mass is 330 g/mol. The normalized spacial score (nSPS) is 19.2. The van der Waals surface area contributed by atoms with E-state index in [0.717, 1.165) is 0 Å². The van der Waals surface area contributed by atoms with E-state index < -0.39 is 11.7 Å². The molecule has 0 saturated carbocycles. The van der Waals surface area contributed by atoms with Gasteiger partial charge in [-0.3, -0.25) is 4.79 Å². The average Bonchev–Trinajstić information content (AvgIpc) is 2.38. The fourth-order valence-corrected chi connectivity index (χ4v) is 3.55. The van der Waals surface area contributed by atoms with Crippen molar-refractivity contribution < 1.29 is 23.1 Å². The van der Waals surface area contributed by atoms with Crippen molar-refractivity contribution >= 4 is 17.5 Å². The fourth-order valence-electron chi connectivity index (χ4n) is 2.50. The number of aliphatic hydroxyl groups excluding tert-OH is 1. The summed E-state index contributed by atoms with van der Waals surface area (Å²) in [6, 6.07) is 4.33. The lowest BCUT2D eigenvalue weighted by atomic mass is 9.90. The SMILES string of the molecule is Cc1ccc(SCCC2CC(=O)C=C(O)C2)cc1C(F)(F)F. The van der Waals surface area contributed by atoms with Gasteiger partial charge in [-0.15, -0.1) is 11.8 Å². The molecule has 6 heteroatoms. The van der Waals surface area contributed by atoms with Crippen molar-refractivity contribution in [2.75, 3.05) is 5.75 Å². The molecular formula is C16H17F3O2S. The van der Waals surface area contributed by atoms with Gasteiger partial charge in [0.25, 0.3) is 0 Å². The van der Waals surface area contributed by atoms with Gasteiger partial charge in [-0.1, -0.05) is 6.07 Å². The standard InChI is InChI=1S/C16H17F3O2S/c1-10-2-3-14(9-15(10)16(17,18)19)22-5-4-11-6-12(20)8-13(21)7-11/h2-3,8-9,11,20H,4-7H2,1H3. The van der Waals surface area contributed by atoms with E-state index in [2.05, 4.69) is 0 Å². The average molecular weight is 330 g/mol. The Morgan fingerprint density at radius 2 is 2.05 bits per heavy atom. The number of hydrogen-bond donors (Lipinski definition) is 1. The van der Waals surface area contributed by atoms with Crippen LogP contribution >= 0.6 is 11.8 Å². The summed E-state index contributed by atoms with van der Waals surface area (Å²) in [5, 5.41) is 9.43. The molecule has 2 nitrogen and oxygen atoms in total. The molecule has 1 aliphatic carbocycles. The van der Waals surface area contributed by atoms with Gasteiger partial charge in [0.05, 0.1) is 11.3 Å². The number of aryl methyl sites for hydroxylation is 1. The maximum atomic E-state index is 12.8. The van der Waals surface area contributed by atoms with Crippen LogP contribution in [0.25, 0.3) is 0 Å². The Hall–Kier alpha value is -1.43. The van der Waals surface area contributed by atoms with E-state index in [1.807, 2.05) is 0 Å². The van der Waals surface area contributed by atoms with E-state index in [0.29, 0.717) is 29.9 Å². The number of ketones is 1. The minimum absolute atomic E-state index is 0.0672. The molecule has 0 aliphatic heterocycles. The molecule has 0 spiro atoms. The van der Waals surface area contributed by atoms with Gasteiger partial charge in [0.2, 0.25) is 0 Å². The van der Waals surface area contributed by atoms with Crippen LogP contribution in [0.1, 0.15) is 30.4 Å². The molecule has 1 N–H and O–H groups in total. The number of aliphatic hydroxyl groups is 1. The number of hydrogen-bond acceptors (Lipinski definition) is 3. The lowest BCUT2D eigenvalue weighted by Gasteiger charge is -2.18. The van der Waals surface area contributed by atoms with Crippen LogP contribution in [-0.2, 0) is 11.0 Å². The van der Waals surface area contributed by atoms with Crippen LogP contribution in [0.5, 0.6) is 0 Å². The van der Waals surface area contributed by atoms with Crippen molar-refractivity contribution in [2.24, 2.45) is 5.92 Å². The molecule has 0 radical (unpaired) electrons. The molecule has 2 rings (SSSR count). The lowest BCUT2D eigenvalue weighted by molar-refractivity contribution is -0.138. The fraction of sp³-hybridized carbons (Fsp3) is 0.438. The van der Waals surface area contributed by atoms with Gasteiger partial charge in [-0.05, 0) is 42.7 Å². The number of benzene rings is 1. The van der Waals surface area contributed by atoms with Crippen molar-refractivity contribution in [3.05, 3.63) is 41.2 Å². The van der Waals surface area contributed by atoms with Crippen LogP contribution in [0.2, 0.25) is 0 Å². The molecule has 0 amide bonds. The molecule has 0 saturated heterocycles. The van der Waals surface area contributed by atoms with Gasteiger partial charge in [0.15, 0.2) is 5.78 Å². The summed E-state index contributed by atoms with van der Waals surface area (Å²) in [4.78, 5) is 11.9. The molecule has 1 unspecified atom stereocenters. The molecule has 0 aromatic heterocycles. The predicted molar refractivity (Wildman–Crippen MR) is 80.0 cm³/mol. The van der Waals surface area contributed by atoms with Gasteiger partial charge in [0.1, 0.15) is 0 Å². The van der Waals surface area contributed by atoms with E-state index in [1.165, 1.54) is 36.9 Å². The van der Waals surface area contributed by atoms with Crippen molar-refractivity contribution in [2.45, 2.75) is 37.3 Å². The van der Waals surface area contributed by atoms with Crippen molar-refractivity contribution in [3.63, 3.8) is 0 Å². The number of allylic oxidation sites excluding steroid dienone is 2. The molecular weight excluding hydrogens is 313 g/mol. The minimum Gasteiger partial charge on any atom is -0.512 e. The Morgan fingerprint density at radius 1 is 1.32 bits per heavy atom. The molecule has 0 bridgehead atoms. The molecule has 1 aliphatic rings. The summed E-state index contributed by atoms with van der Waals surface area (Å²) < 4.78 is 38.5. The van der Waals surface area contributed by atoms with Gasteiger partial charge >= 0.3 is 6.18 Å². The first-order chi connectivity index (χ1) is 10.3. The Balaban J connectivity index is 1.93. The first kappa shape index (κ1) is 16.9. The quantitative estimate of drug-likeness (QED) is 0.797. The Bertz CT molecular complexity index is 594. The number of carbonyl (C=O) groups is 1. The van der Waals surface area contributed by atoms with Crippen molar-refractivity contribution in [1.29, 1.82) is 0 Å². The summed E-state index contributed by atoms with van der Waals surface area (Å²) >= 11 is 1.34. The first-order valence-corrected chi connectivity index (χ1v) is 7.97. The molecule has 120 valence electrons. The smallest absolute Gasteiger partial charge is 0.416 e. The second-order valence-corrected chi connectivity index (χ2v) is 6.66. The summed E-state index contributed by atoms with van der Waals surface area (Å²) in [7, 11) is 0. The number of thioether (sulfide) groups is 1. The van der Waals surface area contributed by atoms with Gasteiger partial charge in [-0.25, -0.2) is 0 Å². The third-order valence-corrected chi connectivity index (χ3v) is 4.65. The Morgan fingerprint density at radius 3 is 2.68 bits per heavy atom. The Labute approximate surface area is 131 Å². The highest BCUT2D eigenvalue weighted by Crippen LogP contribution is 2.35. The zero-order valence-electron chi connectivity index (χ0n) is 12.1. The maximum absolute atomic E-state index is 12.8. The molecule has 22 heavy (non-hydrogen) atoms. The maximum Gasteiger partial charge on any atom is 0.416 e. The number of alkyl halides is 3. The van der Waals surface area contributed by atoms with Gasteiger partial charge in [-0.2, -0.15) is 13.2 Å². The predicted octanol–water partition coefficient (Wildman–Crippen LogP) is 4.92. The van der Waals surface area contributed by atoms with E-state index >= 15 is 0 Å².